The summed E-state index contributed by atoms with van der Waals surface area (Å²) in [4.78, 5) is 38.2. The first kappa shape index (κ1) is 72.6. The average molecular weight is 1060 g/mol. The lowest BCUT2D eigenvalue weighted by atomic mass is 10.0. The summed E-state index contributed by atoms with van der Waals surface area (Å²) >= 11 is 0. The van der Waals surface area contributed by atoms with Gasteiger partial charge in [0, 0.05) is 19.3 Å². The van der Waals surface area contributed by atoms with Crippen LogP contribution >= 0.6 is 0 Å². The topological polar surface area (TPSA) is 78.9 Å². The lowest BCUT2D eigenvalue weighted by Crippen LogP contribution is -2.30. The molecule has 0 N–H and O–H groups in total. The number of rotatable bonds is 59. The molecule has 0 saturated heterocycles. The molecule has 0 aliphatic carbocycles. The van der Waals surface area contributed by atoms with Gasteiger partial charge in [-0.15, -0.1) is 0 Å². The number of ether oxygens (including phenoxy) is 3. The molecule has 0 aromatic carbocycles. The summed E-state index contributed by atoms with van der Waals surface area (Å²) < 4.78 is 16.9. The summed E-state index contributed by atoms with van der Waals surface area (Å²) in [6, 6.07) is 0. The van der Waals surface area contributed by atoms with E-state index in [-0.39, 0.29) is 31.1 Å². The second-order valence-electron chi connectivity index (χ2n) is 21.7. The Labute approximate surface area is 471 Å². The van der Waals surface area contributed by atoms with Crippen molar-refractivity contribution in [1.29, 1.82) is 0 Å². The highest BCUT2D eigenvalue weighted by molar-refractivity contribution is 5.71. The molecule has 1 atom stereocenters. The van der Waals surface area contributed by atoms with Crippen LogP contribution in [0.25, 0.3) is 0 Å². The quantitative estimate of drug-likeness (QED) is 0.0261. The fourth-order valence-electron chi connectivity index (χ4n) is 9.17. The van der Waals surface area contributed by atoms with Crippen LogP contribution in [0.1, 0.15) is 323 Å². The maximum absolute atomic E-state index is 12.9. The third-order valence-corrected chi connectivity index (χ3v) is 14.1. The van der Waals surface area contributed by atoms with Crippen LogP contribution in [0.4, 0.5) is 0 Å². The minimum Gasteiger partial charge on any atom is -0.462 e. The summed E-state index contributed by atoms with van der Waals surface area (Å²) in [7, 11) is 0. The third kappa shape index (κ3) is 61.4. The average Bonchev–Trinajstić information content (AvgIpc) is 3.42. The minimum absolute atomic E-state index is 0.0847. The molecular formula is C70H122O6. The van der Waals surface area contributed by atoms with Gasteiger partial charge in [0.25, 0.3) is 0 Å². The van der Waals surface area contributed by atoms with Crippen molar-refractivity contribution in [2.45, 2.75) is 329 Å². The van der Waals surface area contributed by atoms with Crippen molar-refractivity contribution in [3.63, 3.8) is 0 Å². The van der Waals surface area contributed by atoms with Crippen LogP contribution in [0.3, 0.4) is 0 Å². The Balaban J connectivity index is 4.25. The maximum Gasteiger partial charge on any atom is 0.306 e. The van der Waals surface area contributed by atoms with Gasteiger partial charge in [-0.25, -0.2) is 0 Å². The molecule has 0 aromatic heterocycles. The SMILES string of the molecule is CCC/C=C\CCCCCCCC(=O)OCC(COC(=O)CCCCCCCCCCCCCC/C=C\C/C=C\C/C=C\CCCCCCC)OC(=O)CCCCCCCC/C=C\C/C=C\C/C=C\CCCCCCC. The molecule has 6 nitrogen and oxygen atoms in total. The van der Waals surface area contributed by atoms with Gasteiger partial charge in [-0.2, -0.15) is 0 Å². The molecule has 0 heterocycles. The van der Waals surface area contributed by atoms with Crippen molar-refractivity contribution in [3.8, 4) is 0 Å². The van der Waals surface area contributed by atoms with E-state index in [0.717, 1.165) is 109 Å². The predicted octanol–water partition coefficient (Wildman–Crippen LogP) is 22.3. The Morgan fingerprint density at radius 1 is 0.263 bits per heavy atom. The highest BCUT2D eigenvalue weighted by Gasteiger charge is 2.19. The molecule has 76 heavy (non-hydrogen) atoms. The first-order chi connectivity index (χ1) is 37.5. The molecule has 438 valence electrons. The molecule has 0 saturated carbocycles. The van der Waals surface area contributed by atoms with Crippen LogP contribution < -0.4 is 0 Å². The molecule has 1 unspecified atom stereocenters. The van der Waals surface area contributed by atoms with Crippen molar-refractivity contribution in [2.24, 2.45) is 0 Å². The predicted molar refractivity (Wildman–Crippen MR) is 330 cm³/mol. The number of esters is 3. The normalized spacial score (nSPS) is 12.6. The van der Waals surface area contributed by atoms with Gasteiger partial charge in [-0.3, -0.25) is 14.4 Å². The Morgan fingerprint density at radius 2 is 0.500 bits per heavy atom. The molecule has 0 spiro atoms. The van der Waals surface area contributed by atoms with E-state index in [2.05, 4.69) is 106 Å². The van der Waals surface area contributed by atoms with E-state index in [1.807, 2.05) is 0 Å². The Hall–Kier alpha value is -3.41. The summed E-state index contributed by atoms with van der Waals surface area (Å²) in [6.07, 6.45) is 84.6. The van der Waals surface area contributed by atoms with E-state index >= 15 is 0 Å². The number of carbonyl (C=O) groups excluding carboxylic acids is 3. The standard InChI is InChI=1S/C70H122O6/c1-4-7-10-13-16-19-22-24-26-28-30-32-33-34-35-36-37-39-40-42-44-46-48-51-54-57-60-63-69(72)75-66-67(65-74-68(71)62-59-56-53-50-21-18-15-12-9-6-3)76-70(73)64-61-58-55-52-49-47-45-43-41-38-31-29-27-25-23-20-17-14-11-8-5-2/h12,15,22-25,28-31,33-34,41,43,67H,4-11,13-14,16-21,26-27,32,35-40,42,44-66H2,1-3H3/b15-12-,24-22-,25-23-,30-28-,31-29-,34-33-,43-41-. The second kappa shape index (κ2) is 64.1. The molecule has 6 heteroatoms. The number of carbonyl (C=O) groups is 3. The minimum atomic E-state index is -0.788. The van der Waals surface area contributed by atoms with Gasteiger partial charge in [-0.1, -0.05) is 273 Å². The van der Waals surface area contributed by atoms with Crippen LogP contribution in [-0.2, 0) is 28.6 Å². The summed E-state index contributed by atoms with van der Waals surface area (Å²) in [5, 5.41) is 0. The summed E-state index contributed by atoms with van der Waals surface area (Å²) in [5.41, 5.74) is 0. The van der Waals surface area contributed by atoms with Crippen molar-refractivity contribution >= 4 is 17.9 Å². The zero-order valence-corrected chi connectivity index (χ0v) is 50.3. The lowest BCUT2D eigenvalue weighted by Gasteiger charge is -2.18. The van der Waals surface area contributed by atoms with Crippen LogP contribution in [0, 0.1) is 0 Å². The maximum atomic E-state index is 12.9. The largest absolute Gasteiger partial charge is 0.462 e. The van der Waals surface area contributed by atoms with Crippen molar-refractivity contribution < 1.29 is 28.6 Å². The van der Waals surface area contributed by atoms with Crippen LogP contribution in [0.15, 0.2) is 85.1 Å². The molecule has 0 fully saturated rings. The van der Waals surface area contributed by atoms with E-state index < -0.39 is 6.10 Å². The Morgan fingerprint density at radius 3 is 0.803 bits per heavy atom. The van der Waals surface area contributed by atoms with Gasteiger partial charge >= 0.3 is 17.9 Å². The van der Waals surface area contributed by atoms with Gasteiger partial charge in [0.15, 0.2) is 6.10 Å². The monoisotopic (exact) mass is 1060 g/mol. The van der Waals surface area contributed by atoms with E-state index in [1.165, 1.54) is 173 Å². The second-order valence-corrected chi connectivity index (χ2v) is 21.7. The van der Waals surface area contributed by atoms with Gasteiger partial charge in [0.05, 0.1) is 0 Å². The fraction of sp³-hybridized carbons (Fsp3) is 0.757. The molecule has 0 aliphatic heterocycles. The van der Waals surface area contributed by atoms with E-state index in [1.54, 1.807) is 0 Å². The number of allylic oxidation sites excluding steroid dienone is 14. The van der Waals surface area contributed by atoms with Gasteiger partial charge in [0.1, 0.15) is 13.2 Å². The van der Waals surface area contributed by atoms with Crippen molar-refractivity contribution in [2.75, 3.05) is 13.2 Å². The fourth-order valence-corrected chi connectivity index (χ4v) is 9.17. The third-order valence-electron chi connectivity index (χ3n) is 14.1. The highest BCUT2D eigenvalue weighted by atomic mass is 16.6. The Bertz CT molecular complexity index is 1450. The Kier molecular flexibility index (Phi) is 61.2. The first-order valence-electron chi connectivity index (χ1n) is 32.6. The van der Waals surface area contributed by atoms with Crippen molar-refractivity contribution in [3.05, 3.63) is 85.1 Å². The highest BCUT2D eigenvalue weighted by Crippen LogP contribution is 2.16. The van der Waals surface area contributed by atoms with Crippen molar-refractivity contribution in [1.82, 2.24) is 0 Å². The zero-order valence-electron chi connectivity index (χ0n) is 50.3. The zero-order chi connectivity index (χ0) is 55.0. The smallest absolute Gasteiger partial charge is 0.306 e. The molecule has 0 rings (SSSR count). The van der Waals surface area contributed by atoms with Gasteiger partial charge < -0.3 is 14.2 Å². The van der Waals surface area contributed by atoms with Crippen LogP contribution in [-0.4, -0.2) is 37.2 Å². The number of hydrogen-bond acceptors (Lipinski definition) is 6. The molecule has 0 aliphatic rings. The molecule has 0 aromatic rings. The number of unbranched alkanes of at least 4 members (excludes halogenated alkanes) is 34. The summed E-state index contributed by atoms with van der Waals surface area (Å²) in [5.74, 6) is -0.900. The summed E-state index contributed by atoms with van der Waals surface area (Å²) in [6.45, 7) is 6.56. The van der Waals surface area contributed by atoms with Gasteiger partial charge in [0.2, 0.25) is 0 Å². The molecular weight excluding hydrogens is 937 g/mol. The van der Waals surface area contributed by atoms with E-state index in [0.29, 0.717) is 19.3 Å². The van der Waals surface area contributed by atoms with Crippen LogP contribution in [0.5, 0.6) is 0 Å². The van der Waals surface area contributed by atoms with E-state index in [4.69, 9.17) is 14.2 Å². The lowest BCUT2D eigenvalue weighted by molar-refractivity contribution is -0.167. The molecule has 0 bridgehead atoms. The van der Waals surface area contributed by atoms with E-state index in [9.17, 15) is 14.4 Å². The molecule has 0 amide bonds. The first-order valence-corrected chi connectivity index (χ1v) is 32.6. The molecule has 0 radical (unpaired) electrons. The van der Waals surface area contributed by atoms with Crippen LogP contribution in [0.2, 0.25) is 0 Å². The van der Waals surface area contributed by atoms with Gasteiger partial charge in [-0.05, 0) is 116 Å². The number of hydrogen-bond donors (Lipinski definition) is 0.